The Morgan fingerprint density at radius 3 is 2.47 bits per heavy atom. The monoisotopic (exact) mass is 224 g/mol. The third-order valence-electron chi connectivity index (χ3n) is 3.70. The van der Waals surface area contributed by atoms with Crippen molar-refractivity contribution in [1.82, 2.24) is 4.98 Å². The lowest BCUT2D eigenvalue weighted by atomic mass is 9.83. The van der Waals surface area contributed by atoms with Crippen molar-refractivity contribution in [2.24, 2.45) is 11.1 Å². The van der Waals surface area contributed by atoms with Crippen molar-refractivity contribution in [3.05, 3.63) is 15.6 Å². The molecule has 0 amide bonds. The number of thiazole rings is 1. The fourth-order valence-corrected chi connectivity index (χ4v) is 3.62. The summed E-state index contributed by atoms with van der Waals surface area (Å²) in [6.07, 6.45) is 6.38. The maximum Gasteiger partial charge on any atom is 0.0936 e. The number of rotatable bonds is 3. The van der Waals surface area contributed by atoms with Crippen LogP contribution in [0.5, 0.6) is 0 Å². The normalized spacial score (nSPS) is 19.7. The molecule has 0 spiro atoms. The quantitative estimate of drug-likeness (QED) is 0.857. The molecule has 0 radical (unpaired) electrons. The van der Waals surface area contributed by atoms with Crippen molar-refractivity contribution >= 4 is 11.3 Å². The Labute approximate surface area is 95.9 Å². The Kier molecular flexibility index (Phi) is 3.12. The molecule has 0 atom stereocenters. The third-order valence-corrected chi connectivity index (χ3v) is 4.77. The van der Waals surface area contributed by atoms with E-state index in [0.717, 1.165) is 13.0 Å². The van der Waals surface area contributed by atoms with Gasteiger partial charge < -0.3 is 5.73 Å². The largest absolute Gasteiger partial charge is 0.330 e. The third kappa shape index (κ3) is 2.23. The molecule has 1 heterocycles. The molecule has 0 bridgehead atoms. The van der Waals surface area contributed by atoms with Gasteiger partial charge in [0.2, 0.25) is 0 Å². The van der Waals surface area contributed by atoms with E-state index in [-0.39, 0.29) is 0 Å². The molecular weight excluding hydrogens is 204 g/mol. The predicted molar refractivity (Wildman–Crippen MR) is 65.2 cm³/mol. The summed E-state index contributed by atoms with van der Waals surface area (Å²) >= 11 is 1.85. The molecule has 2 rings (SSSR count). The van der Waals surface area contributed by atoms with Crippen molar-refractivity contribution in [3.63, 3.8) is 0 Å². The van der Waals surface area contributed by atoms with Gasteiger partial charge >= 0.3 is 0 Å². The number of nitrogens with zero attached hydrogens (tertiary/aromatic N) is 1. The van der Waals surface area contributed by atoms with E-state index in [0.29, 0.717) is 5.41 Å². The molecule has 15 heavy (non-hydrogen) atoms. The van der Waals surface area contributed by atoms with E-state index in [4.69, 9.17) is 5.73 Å². The highest BCUT2D eigenvalue weighted by Crippen LogP contribution is 2.40. The number of aryl methyl sites for hydroxylation is 2. The molecule has 2 N–H and O–H groups in total. The molecular formula is C12H20N2S. The first-order chi connectivity index (χ1) is 7.15. The first kappa shape index (κ1) is 11.1. The van der Waals surface area contributed by atoms with Gasteiger partial charge in [0.05, 0.1) is 10.7 Å². The molecule has 1 aliphatic rings. The van der Waals surface area contributed by atoms with E-state index < -0.39 is 0 Å². The van der Waals surface area contributed by atoms with E-state index in [9.17, 15) is 0 Å². The maximum atomic E-state index is 5.94. The van der Waals surface area contributed by atoms with Gasteiger partial charge in [0.25, 0.3) is 0 Å². The molecule has 0 aliphatic heterocycles. The molecule has 0 unspecified atom stereocenters. The molecule has 3 heteroatoms. The first-order valence-electron chi connectivity index (χ1n) is 5.78. The lowest BCUT2D eigenvalue weighted by Crippen LogP contribution is -2.29. The van der Waals surface area contributed by atoms with Crippen LogP contribution in [0.2, 0.25) is 0 Å². The SMILES string of the molecule is Cc1nc(CC2(CN)CCCC2)sc1C. The zero-order chi connectivity index (χ0) is 10.9. The van der Waals surface area contributed by atoms with Crippen LogP contribution in [0.25, 0.3) is 0 Å². The number of hydrogen-bond donors (Lipinski definition) is 1. The minimum atomic E-state index is 0.372. The molecule has 1 fully saturated rings. The van der Waals surface area contributed by atoms with Gasteiger partial charge in [0.15, 0.2) is 0 Å². The van der Waals surface area contributed by atoms with Gasteiger partial charge in [0.1, 0.15) is 0 Å². The summed E-state index contributed by atoms with van der Waals surface area (Å²) in [5.41, 5.74) is 7.50. The summed E-state index contributed by atoms with van der Waals surface area (Å²) in [5, 5.41) is 1.29. The highest BCUT2D eigenvalue weighted by atomic mass is 32.1. The molecule has 0 aromatic carbocycles. The summed E-state index contributed by atoms with van der Waals surface area (Å²) in [6, 6.07) is 0. The van der Waals surface area contributed by atoms with Crippen molar-refractivity contribution in [3.8, 4) is 0 Å². The van der Waals surface area contributed by atoms with Crippen LogP contribution in [0.1, 0.15) is 41.3 Å². The van der Waals surface area contributed by atoms with Crippen molar-refractivity contribution in [1.29, 1.82) is 0 Å². The lowest BCUT2D eigenvalue weighted by molar-refractivity contribution is 0.306. The second-order valence-corrected chi connectivity index (χ2v) is 6.12. The van der Waals surface area contributed by atoms with Gasteiger partial charge in [-0.15, -0.1) is 11.3 Å². The number of nitrogens with two attached hydrogens (primary N) is 1. The topological polar surface area (TPSA) is 38.9 Å². The summed E-state index contributed by atoms with van der Waals surface area (Å²) < 4.78 is 0. The van der Waals surface area contributed by atoms with E-state index in [2.05, 4.69) is 18.8 Å². The van der Waals surface area contributed by atoms with Crippen LogP contribution in [0.4, 0.5) is 0 Å². The fourth-order valence-electron chi connectivity index (χ4n) is 2.51. The van der Waals surface area contributed by atoms with E-state index in [1.54, 1.807) is 0 Å². The predicted octanol–water partition coefficient (Wildman–Crippen LogP) is 2.82. The lowest BCUT2D eigenvalue weighted by Gasteiger charge is -2.25. The van der Waals surface area contributed by atoms with Gasteiger partial charge in [0, 0.05) is 11.3 Å². The number of hydrogen-bond acceptors (Lipinski definition) is 3. The second kappa shape index (κ2) is 4.22. The molecule has 1 aromatic heterocycles. The number of aromatic nitrogens is 1. The van der Waals surface area contributed by atoms with Crippen LogP contribution >= 0.6 is 11.3 Å². The Balaban J connectivity index is 2.12. The zero-order valence-electron chi connectivity index (χ0n) is 9.68. The fraction of sp³-hybridized carbons (Fsp3) is 0.750. The molecule has 1 aromatic rings. The first-order valence-corrected chi connectivity index (χ1v) is 6.60. The standard InChI is InChI=1S/C12H20N2S/c1-9-10(2)15-11(14-9)7-12(8-13)5-3-4-6-12/h3-8,13H2,1-2H3. The summed E-state index contributed by atoms with van der Waals surface area (Å²) in [4.78, 5) is 5.99. The minimum Gasteiger partial charge on any atom is -0.330 e. The Hall–Kier alpha value is -0.410. The van der Waals surface area contributed by atoms with Crippen molar-refractivity contribution in [2.45, 2.75) is 46.0 Å². The Morgan fingerprint density at radius 1 is 1.33 bits per heavy atom. The van der Waals surface area contributed by atoms with Gasteiger partial charge in [-0.25, -0.2) is 4.98 Å². The van der Waals surface area contributed by atoms with Crippen LogP contribution in [0, 0.1) is 19.3 Å². The van der Waals surface area contributed by atoms with Gasteiger partial charge in [-0.3, -0.25) is 0 Å². The summed E-state index contributed by atoms with van der Waals surface area (Å²) in [7, 11) is 0. The van der Waals surface area contributed by atoms with Crippen molar-refractivity contribution in [2.75, 3.05) is 6.54 Å². The van der Waals surface area contributed by atoms with Gasteiger partial charge in [-0.05, 0) is 38.6 Å². The average Bonchev–Trinajstić information content (AvgIpc) is 2.77. The van der Waals surface area contributed by atoms with Crippen LogP contribution in [-0.2, 0) is 6.42 Å². The molecule has 2 nitrogen and oxygen atoms in total. The van der Waals surface area contributed by atoms with Gasteiger partial charge in [-0.2, -0.15) is 0 Å². The van der Waals surface area contributed by atoms with Crippen LogP contribution < -0.4 is 5.73 Å². The maximum absolute atomic E-state index is 5.94. The highest BCUT2D eigenvalue weighted by Gasteiger charge is 2.33. The Morgan fingerprint density at radius 2 is 2.00 bits per heavy atom. The smallest absolute Gasteiger partial charge is 0.0936 e. The van der Waals surface area contributed by atoms with E-state index >= 15 is 0 Å². The summed E-state index contributed by atoms with van der Waals surface area (Å²) in [6.45, 7) is 5.07. The highest BCUT2D eigenvalue weighted by molar-refractivity contribution is 7.11. The summed E-state index contributed by atoms with van der Waals surface area (Å²) in [5.74, 6) is 0. The molecule has 1 saturated carbocycles. The van der Waals surface area contributed by atoms with Gasteiger partial charge in [-0.1, -0.05) is 12.8 Å². The Bertz CT molecular complexity index is 318. The molecule has 0 saturated heterocycles. The van der Waals surface area contributed by atoms with Crippen LogP contribution in [0.3, 0.4) is 0 Å². The molecule has 1 aliphatic carbocycles. The average molecular weight is 224 g/mol. The van der Waals surface area contributed by atoms with Crippen LogP contribution in [-0.4, -0.2) is 11.5 Å². The molecule has 84 valence electrons. The van der Waals surface area contributed by atoms with E-state index in [1.807, 2.05) is 11.3 Å². The second-order valence-electron chi connectivity index (χ2n) is 4.84. The van der Waals surface area contributed by atoms with Crippen molar-refractivity contribution < 1.29 is 0 Å². The minimum absolute atomic E-state index is 0.372. The zero-order valence-corrected chi connectivity index (χ0v) is 10.5. The van der Waals surface area contributed by atoms with E-state index in [1.165, 1.54) is 41.3 Å². The van der Waals surface area contributed by atoms with Crippen LogP contribution in [0.15, 0.2) is 0 Å².